The summed E-state index contributed by atoms with van der Waals surface area (Å²) in [5, 5.41) is -0.161. The van der Waals surface area contributed by atoms with E-state index < -0.39 is 28.5 Å². The third kappa shape index (κ3) is 4.88. The van der Waals surface area contributed by atoms with E-state index in [4.69, 9.17) is 32.9 Å². The first-order chi connectivity index (χ1) is 18.1. The number of benzene rings is 1. The van der Waals surface area contributed by atoms with Crippen molar-refractivity contribution in [2.24, 2.45) is 0 Å². The summed E-state index contributed by atoms with van der Waals surface area (Å²) in [5.41, 5.74) is 2.02. The highest BCUT2D eigenvalue weighted by molar-refractivity contribution is 7.89. The fraction of sp³-hybridized carbons (Fsp3) is 0.400. The Morgan fingerprint density at radius 3 is 2.63 bits per heavy atom. The van der Waals surface area contributed by atoms with Crippen LogP contribution in [0.3, 0.4) is 0 Å². The minimum atomic E-state index is -3.79. The third-order valence-corrected chi connectivity index (χ3v) is 9.04. The van der Waals surface area contributed by atoms with Crippen molar-refractivity contribution < 1.29 is 22.3 Å². The first-order valence-corrected chi connectivity index (χ1v) is 14.3. The van der Waals surface area contributed by atoms with E-state index in [1.165, 1.54) is 32.3 Å². The number of ether oxygens (including phenoxy) is 1. The van der Waals surface area contributed by atoms with Crippen molar-refractivity contribution in [3.63, 3.8) is 0 Å². The molecule has 202 valence electrons. The number of carbonyl (C=O) groups is 1. The summed E-state index contributed by atoms with van der Waals surface area (Å²) < 4.78 is 48.7. The van der Waals surface area contributed by atoms with Crippen LogP contribution in [0.1, 0.15) is 41.7 Å². The zero-order chi connectivity index (χ0) is 27.2. The molecular formula is C25H26Cl2FN5O4S. The average molecular weight is 582 g/mol. The molecule has 9 nitrogen and oxygen atoms in total. The molecule has 0 saturated carbocycles. The fourth-order valence-corrected chi connectivity index (χ4v) is 6.17. The Balaban J connectivity index is 1.44. The topological polar surface area (TPSA) is 97.6 Å². The van der Waals surface area contributed by atoms with Gasteiger partial charge in [-0.3, -0.25) is 4.79 Å². The molecule has 2 aliphatic rings. The maximum absolute atomic E-state index is 15.2. The van der Waals surface area contributed by atoms with Gasteiger partial charge in [0.05, 0.1) is 11.4 Å². The Bertz CT molecular complexity index is 1510. The van der Waals surface area contributed by atoms with Crippen LogP contribution in [0.25, 0.3) is 0 Å². The van der Waals surface area contributed by atoms with E-state index in [0.717, 1.165) is 47.3 Å². The molecule has 2 aliphatic heterocycles. The van der Waals surface area contributed by atoms with Gasteiger partial charge in [0.1, 0.15) is 17.7 Å². The minimum Gasteiger partial charge on any atom is -0.481 e. The zero-order valence-electron chi connectivity index (χ0n) is 20.8. The average Bonchev–Trinajstić information content (AvgIpc) is 3.26. The second-order valence-electron chi connectivity index (χ2n) is 9.39. The van der Waals surface area contributed by atoms with Crippen LogP contribution in [-0.4, -0.2) is 65.3 Å². The fourth-order valence-electron chi connectivity index (χ4n) is 4.93. The molecule has 1 amide bonds. The van der Waals surface area contributed by atoms with Gasteiger partial charge in [0, 0.05) is 50.6 Å². The van der Waals surface area contributed by atoms with Crippen LogP contribution >= 0.6 is 23.2 Å². The number of fused-ring (bicyclic) bond motifs is 3. The van der Waals surface area contributed by atoms with Crippen LogP contribution < -0.4 is 4.74 Å². The number of hydrogen-bond donors (Lipinski definition) is 0. The summed E-state index contributed by atoms with van der Waals surface area (Å²) in [6.07, 6.45) is 3.39. The van der Waals surface area contributed by atoms with E-state index in [1.807, 2.05) is 0 Å². The molecule has 0 saturated heterocycles. The van der Waals surface area contributed by atoms with Gasteiger partial charge in [-0.25, -0.2) is 27.1 Å². The van der Waals surface area contributed by atoms with Crippen LogP contribution in [0.5, 0.6) is 5.75 Å². The van der Waals surface area contributed by atoms with Gasteiger partial charge < -0.3 is 14.2 Å². The molecule has 0 spiro atoms. The predicted octanol–water partition coefficient (Wildman–Crippen LogP) is 3.86. The molecule has 0 radical (unpaired) electrons. The van der Waals surface area contributed by atoms with E-state index in [2.05, 4.69) is 9.55 Å². The maximum Gasteiger partial charge on any atom is 0.261 e. The summed E-state index contributed by atoms with van der Waals surface area (Å²) >= 11 is 12.2. The molecule has 1 unspecified atom stereocenters. The van der Waals surface area contributed by atoms with E-state index in [1.54, 1.807) is 17.0 Å². The van der Waals surface area contributed by atoms with E-state index in [0.29, 0.717) is 18.5 Å². The largest absolute Gasteiger partial charge is 0.481 e. The summed E-state index contributed by atoms with van der Waals surface area (Å²) in [4.78, 5) is 23.8. The standard InChI is InChI=1S/C25H26Cl2FN5O4S/c1-31(2)38(35,36)21-9-8-19(25(27)30-21)37-14-22(34)33-12-10-18-24(32-11-4-3-5-20(32)29-18)23(33)16-7-6-15(26)13-17(16)28/h6-9,13,23H,3-5,10-12,14H2,1-2H3. The van der Waals surface area contributed by atoms with Gasteiger partial charge in [0.15, 0.2) is 22.5 Å². The van der Waals surface area contributed by atoms with Crippen molar-refractivity contribution in [2.45, 2.75) is 43.3 Å². The monoisotopic (exact) mass is 581 g/mol. The molecule has 5 rings (SSSR count). The van der Waals surface area contributed by atoms with Crippen LogP contribution in [0, 0.1) is 5.82 Å². The van der Waals surface area contributed by atoms with E-state index >= 15 is 4.39 Å². The summed E-state index contributed by atoms with van der Waals surface area (Å²) in [6.45, 7) is 0.680. The molecule has 38 heavy (non-hydrogen) atoms. The number of carbonyl (C=O) groups excluding carboxylic acids is 1. The Hall–Kier alpha value is -2.73. The SMILES string of the molecule is CN(C)S(=O)(=O)c1ccc(OCC(=O)N2CCc3nc4n(c3C2c2ccc(Cl)cc2F)CCCC4)c(Cl)n1. The van der Waals surface area contributed by atoms with Crippen molar-refractivity contribution in [2.75, 3.05) is 27.2 Å². The number of aromatic nitrogens is 3. The van der Waals surface area contributed by atoms with Crippen molar-refractivity contribution in [1.29, 1.82) is 0 Å². The first kappa shape index (κ1) is 26.9. The van der Waals surface area contributed by atoms with Crippen molar-refractivity contribution in [1.82, 2.24) is 23.7 Å². The lowest BCUT2D eigenvalue weighted by Crippen LogP contribution is -2.44. The molecule has 0 N–H and O–H groups in total. The summed E-state index contributed by atoms with van der Waals surface area (Å²) in [5.74, 6) is 0.121. The second-order valence-corrected chi connectivity index (χ2v) is 12.3. The van der Waals surface area contributed by atoms with Gasteiger partial charge in [0.2, 0.25) is 0 Å². The van der Waals surface area contributed by atoms with Crippen molar-refractivity contribution >= 4 is 39.1 Å². The lowest BCUT2D eigenvalue weighted by atomic mass is 9.94. The Morgan fingerprint density at radius 1 is 1.13 bits per heavy atom. The lowest BCUT2D eigenvalue weighted by molar-refractivity contribution is -0.135. The molecule has 1 atom stereocenters. The summed E-state index contributed by atoms with van der Waals surface area (Å²) in [7, 11) is -1.02. The number of halogens is 3. The second kappa shape index (κ2) is 10.4. The smallest absolute Gasteiger partial charge is 0.261 e. The van der Waals surface area contributed by atoms with Crippen LogP contribution in [0.15, 0.2) is 35.4 Å². The molecule has 0 aliphatic carbocycles. The number of pyridine rings is 1. The molecule has 3 aromatic rings. The Labute approximate surface area is 230 Å². The van der Waals surface area contributed by atoms with E-state index in [-0.39, 0.29) is 26.9 Å². The van der Waals surface area contributed by atoms with Crippen molar-refractivity contribution in [3.05, 3.63) is 69.1 Å². The molecule has 4 heterocycles. The first-order valence-electron chi connectivity index (χ1n) is 12.1. The number of sulfonamides is 1. The third-order valence-electron chi connectivity index (χ3n) is 6.82. The minimum absolute atomic E-state index is 0.0615. The number of aryl methyl sites for hydroxylation is 1. The zero-order valence-corrected chi connectivity index (χ0v) is 23.2. The van der Waals surface area contributed by atoms with Crippen LogP contribution in [0.4, 0.5) is 4.39 Å². The van der Waals surface area contributed by atoms with Crippen molar-refractivity contribution in [3.8, 4) is 5.75 Å². The molecule has 13 heteroatoms. The van der Waals surface area contributed by atoms with Gasteiger partial charge >= 0.3 is 0 Å². The highest BCUT2D eigenvalue weighted by Gasteiger charge is 2.38. The highest BCUT2D eigenvalue weighted by atomic mass is 35.5. The van der Waals surface area contributed by atoms with Gasteiger partial charge in [-0.15, -0.1) is 0 Å². The molecular weight excluding hydrogens is 556 g/mol. The Morgan fingerprint density at radius 2 is 1.92 bits per heavy atom. The lowest BCUT2D eigenvalue weighted by Gasteiger charge is -2.37. The Kier molecular flexibility index (Phi) is 7.38. The summed E-state index contributed by atoms with van der Waals surface area (Å²) in [6, 6.07) is 6.37. The predicted molar refractivity (Wildman–Crippen MR) is 139 cm³/mol. The van der Waals surface area contributed by atoms with Crippen LogP contribution in [0.2, 0.25) is 10.2 Å². The number of imidazole rings is 1. The van der Waals surface area contributed by atoms with E-state index in [9.17, 15) is 13.2 Å². The molecule has 0 fully saturated rings. The van der Waals surface area contributed by atoms with Gasteiger partial charge in [-0.05, 0) is 37.1 Å². The number of nitrogens with zero attached hydrogens (tertiary/aromatic N) is 5. The molecule has 0 bridgehead atoms. The maximum atomic E-state index is 15.2. The van der Waals surface area contributed by atoms with Gasteiger partial charge in [-0.1, -0.05) is 29.3 Å². The number of amides is 1. The highest BCUT2D eigenvalue weighted by Crippen LogP contribution is 2.39. The van der Waals surface area contributed by atoms with Gasteiger partial charge in [0.25, 0.3) is 15.9 Å². The van der Waals surface area contributed by atoms with Crippen LogP contribution in [-0.2, 0) is 34.2 Å². The number of rotatable bonds is 6. The van der Waals surface area contributed by atoms with Gasteiger partial charge in [-0.2, -0.15) is 0 Å². The molecule has 2 aromatic heterocycles. The molecule has 1 aromatic carbocycles. The number of hydrogen-bond acceptors (Lipinski definition) is 6. The normalized spacial score (nSPS) is 17.3. The quantitative estimate of drug-likeness (QED) is 0.410.